The molecule has 0 bridgehead atoms. The molecule has 1 aromatic carbocycles. The lowest BCUT2D eigenvalue weighted by Crippen LogP contribution is -2.53. The number of H-pyrrole nitrogens is 1. The molecular formula is C15H19N4O2+. The van der Waals surface area contributed by atoms with Crippen molar-refractivity contribution in [3.63, 3.8) is 0 Å². The third-order valence-corrected chi connectivity index (χ3v) is 3.89. The van der Waals surface area contributed by atoms with E-state index in [4.69, 9.17) is 0 Å². The number of hydrogen-bond acceptors (Lipinski definition) is 3. The number of fused-ring (bicyclic) bond motifs is 1. The molecule has 1 fully saturated rings. The monoisotopic (exact) mass is 287 g/mol. The maximum absolute atomic E-state index is 12.3. The summed E-state index contributed by atoms with van der Waals surface area (Å²) in [6.45, 7) is 3.44. The zero-order chi connectivity index (χ0) is 14.8. The smallest absolute Gasteiger partial charge is 0.291 e. The molecule has 1 amide bonds. The van der Waals surface area contributed by atoms with Crippen molar-refractivity contribution in [2.45, 2.75) is 6.54 Å². The summed E-state index contributed by atoms with van der Waals surface area (Å²) in [5.74, 6) is 0.0408. The number of piperazine rings is 1. The van der Waals surface area contributed by atoms with Gasteiger partial charge in [0.2, 0.25) is 12.7 Å². The highest BCUT2D eigenvalue weighted by Crippen LogP contribution is 2.03. The quantitative estimate of drug-likeness (QED) is 0.764. The van der Waals surface area contributed by atoms with Crippen molar-refractivity contribution in [1.29, 1.82) is 0 Å². The summed E-state index contributed by atoms with van der Waals surface area (Å²) < 4.78 is 1.57. The molecule has 1 aliphatic rings. The fourth-order valence-corrected chi connectivity index (χ4v) is 2.58. The molecule has 2 heterocycles. The van der Waals surface area contributed by atoms with Crippen LogP contribution >= 0.6 is 0 Å². The Bertz CT molecular complexity index is 717. The Kier molecular flexibility index (Phi) is 3.70. The lowest BCUT2D eigenvalue weighted by Gasteiger charge is -2.31. The minimum Gasteiger partial charge on any atom is -0.335 e. The zero-order valence-electron chi connectivity index (χ0n) is 12.1. The highest BCUT2D eigenvalue weighted by atomic mass is 16.2. The largest absolute Gasteiger partial charge is 0.335 e. The number of para-hydroxylation sites is 1. The van der Waals surface area contributed by atoms with Crippen LogP contribution < -0.4 is 10.1 Å². The van der Waals surface area contributed by atoms with Crippen molar-refractivity contribution in [1.82, 2.24) is 14.9 Å². The third kappa shape index (κ3) is 2.95. The van der Waals surface area contributed by atoms with Crippen LogP contribution in [-0.4, -0.2) is 54.0 Å². The van der Waals surface area contributed by atoms with Gasteiger partial charge in [0, 0.05) is 26.2 Å². The first-order valence-electron chi connectivity index (χ1n) is 7.11. The molecule has 3 rings (SSSR count). The summed E-state index contributed by atoms with van der Waals surface area (Å²) in [6, 6.07) is 7.32. The Balaban J connectivity index is 1.78. The van der Waals surface area contributed by atoms with E-state index in [0.29, 0.717) is 5.39 Å². The number of hydrogen-bond donors (Lipinski definition) is 1. The van der Waals surface area contributed by atoms with Gasteiger partial charge in [0.1, 0.15) is 5.52 Å². The van der Waals surface area contributed by atoms with E-state index < -0.39 is 0 Å². The number of carbonyl (C=O) groups is 1. The van der Waals surface area contributed by atoms with Crippen LogP contribution in [0.1, 0.15) is 0 Å². The molecule has 0 aliphatic carbocycles. The van der Waals surface area contributed by atoms with Crippen LogP contribution in [0.2, 0.25) is 0 Å². The number of carbonyl (C=O) groups excluding carboxylic acids is 1. The average molecular weight is 287 g/mol. The lowest BCUT2D eigenvalue weighted by atomic mass is 10.2. The SMILES string of the molecule is CN1CCN(C(=O)C[n+]2cc(=O)c3ccccc3[nH]2)CC1. The molecule has 6 heteroatoms. The molecule has 110 valence electrons. The van der Waals surface area contributed by atoms with Gasteiger partial charge in [-0.1, -0.05) is 12.1 Å². The molecule has 1 aliphatic heterocycles. The topological polar surface area (TPSA) is 60.3 Å². The van der Waals surface area contributed by atoms with E-state index in [2.05, 4.69) is 17.0 Å². The number of aromatic amines is 1. The minimum atomic E-state index is -0.0736. The summed E-state index contributed by atoms with van der Waals surface area (Å²) in [4.78, 5) is 28.4. The maximum atomic E-state index is 12.3. The number of nitrogens with one attached hydrogen (secondary N) is 1. The Morgan fingerprint density at radius 3 is 2.71 bits per heavy atom. The van der Waals surface area contributed by atoms with E-state index in [9.17, 15) is 9.59 Å². The second-order valence-corrected chi connectivity index (χ2v) is 5.46. The van der Waals surface area contributed by atoms with Crippen LogP contribution in [0.5, 0.6) is 0 Å². The van der Waals surface area contributed by atoms with E-state index in [-0.39, 0.29) is 17.9 Å². The summed E-state index contributed by atoms with van der Waals surface area (Å²) in [7, 11) is 2.05. The maximum Gasteiger partial charge on any atom is 0.291 e. The van der Waals surface area contributed by atoms with E-state index >= 15 is 0 Å². The van der Waals surface area contributed by atoms with Gasteiger partial charge in [0.25, 0.3) is 11.3 Å². The average Bonchev–Trinajstić information content (AvgIpc) is 2.48. The van der Waals surface area contributed by atoms with Crippen molar-refractivity contribution in [3.8, 4) is 0 Å². The van der Waals surface area contributed by atoms with Gasteiger partial charge in [-0.15, -0.1) is 4.68 Å². The summed E-state index contributed by atoms with van der Waals surface area (Å²) in [5.41, 5.74) is 0.673. The fraction of sp³-hybridized carbons (Fsp3) is 0.400. The number of amides is 1. The van der Waals surface area contributed by atoms with E-state index in [0.717, 1.165) is 31.7 Å². The molecule has 2 aromatic rings. The van der Waals surface area contributed by atoms with Gasteiger partial charge in [-0.05, 0) is 19.2 Å². The van der Waals surface area contributed by atoms with Gasteiger partial charge in [-0.2, -0.15) is 5.10 Å². The van der Waals surface area contributed by atoms with E-state index in [1.807, 2.05) is 23.1 Å². The van der Waals surface area contributed by atoms with Gasteiger partial charge in [-0.25, -0.2) is 0 Å². The van der Waals surface area contributed by atoms with Gasteiger partial charge in [0.05, 0.1) is 5.39 Å². The van der Waals surface area contributed by atoms with Crippen LogP contribution in [0.25, 0.3) is 10.9 Å². The van der Waals surface area contributed by atoms with Crippen molar-refractivity contribution >= 4 is 16.8 Å². The number of likely N-dealkylation sites (N-methyl/N-ethyl adjacent to an activating group) is 1. The van der Waals surface area contributed by atoms with Crippen LogP contribution in [0, 0.1) is 0 Å². The summed E-state index contributed by atoms with van der Waals surface area (Å²) >= 11 is 0. The van der Waals surface area contributed by atoms with Crippen LogP contribution in [-0.2, 0) is 11.3 Å². The van der Waals surface area contributed by atoms with E-state index in [1.54, 1.807) is 10.7 Å². The first-order chi connectivity index (χ1) is 10.1. The lowest BCUT2D eigenvalue weighted by molar-refractivity contribution is -0.741. The molecule has 0 atom stereocenters. The second-order valence-electron chi connectivity index (χ2n) is 5.46. The highest BCUT2D eigenvalue weighted by molar-refractivity contribution is 5.77. The number of benzene rings is 1. The normalized spacial score (nSPS) is 16.3. The first-order valence-corrected chi connectivity index (χ1v) is 7.11. The number of rotatable bonds is 2. The third-order valence-electron chi connectivity index (χ3n) is 3.89. The zero-order valence-corrected chi connectivity index (χ0v) is 12.1. The predicted octanol–water partition coefficient (Wildman–Crippen LogP) is -0.410. The Morgan fingerprint density at radius 2 is 1.95 bits per heavy atom. The first kappa shape index (κ1) is 13.8. The fourth-order valence-electron chi connectivity index (χ4n) is 2.58. The molecule has 1 aromatic heterocycles. The molecule has 0 spiro atoms. The van der Waals surface area contributed by atoms with Gasteiger partial charge >= 0.3 is 0 Å². The molecular weight excluding hydrogens is 268 g/mol. The van der Waals surface area contributed by atoms with Crippen LogP contribution in [0.15, 0.2) is 35.3 Å². The van der Waals surface area contributed by atoms with Gasteiger partial charge in [-0.3, -0.25) is 9.59 Å². The predicted molar refractivity (Wildman–Crippen MR) is 78.8 cm³/mol. The molecule has 0 saturated carbocycles. The number of nitrogens with zero attached hydrogens (tertiary/aromatic N) is 3. The Morgan fingerprint density at radius 1 is 1.24 bits per heavy atom. The van der Waals surface area contributed by atoms with Crippen LogP contribution in [0.4, 0.5) is 0 Å². The molecule has 0 radical (unpaired) electrons. The molecule has 21 heavy (non-hydrogen) atoms. The highest BCUT2D eigenvalue weighted by Gasteiger charge is 2.22. The van der Waals surface area contributed by atoms with Crippen molar-refractivity contribution < 1.29 is 9.48 Å². The minimum absolute atomic E-state index is 0.0408. The Hall–Kier alpha value is -2.21. The summed E-state index contributed by atoms with van der Waals surface area (Å²) in [5, 5.41) is 3.74. The summed E-state index contributed by atoms with van der Waals surface area (Å²) in [6.07, 6.45) is 1.45. The molecule has 1 saturated heterocycles. The van der Waals surface area contributed by atoms with Crippen molar-refractivity contribution in [2.24, 2.45) is 0 Å². The Labute approximate surface area is 122 Å². The standard InChI is InChI=1S/C15H18N4O2/c1-17-6-8-18(9-7-17)15(21)11-19-10-14(20)12-4-2-3-5-13(12)16-19/h2-5,10H,6-9,11H2,1H3/p+1. The molecule has 0 unspecified atom stereocenters. The van der Waals surface area contributed by atoms with Gasteiger partial charge < -0.3 is 9.80 Å². The van der Waals surface area contributed by atoms with Crippen LogP contribution in [0.3, 0.4) is 0 Å². The van der Waals surface area contributed by atoms with E-state index in [1.165, 1.54) is 6.20 Å². The molecule has 1 N–H and O–H groups in total. The van der Waals surface area contributed by atoms with Crippen molar-refractivity contribution in [2.75, 3.05) is 33.2 Å². The van der Waals surface area contributed by atoms with Gasteiger partial charge in [0.15, 0.2) is 0 Å². The van der Waals surface area contributed by atoms with Crippen molar-refractivity contribution in [3.05, 3.63) is 40.7 Å². The number of aromatic nitrogens is 2. The molecule has 6 nitrogen and oxygen atoms in total. The second kappa shape index (κ2) is 5.65.